The number of nitrogens with one attached hydrogen (secondary N) is 1. The van der Waals surface area contributed by atoms with Gasteiger partial charge < -0.3 is 14.3 Å². The summed E-state index contributed by atoms with van der Waals surface area (Å²) >= 11 is 1.48. The molecule has 1 amide bonds. The minimum atomic E-state index is -0.0142. The summed E-state index contributed by atoms with van der Waals surface area (Å²) < 4.78 is 7.48. The van der Waals surface area contributed by atoms with Gasteiger partial charge in [0, 0.05) is 13.0 Å². The summed E-state index contributed by atoms with van der Waals surface area (Å²) in [6.07, 6.45) is 11.2. The molecule has 2 aromatic heterocycles. The molecule has 4 bridgehead atoms. The van der Waals surface area contributed by atoms with Gasteiger partial charge in [-0.2, -0.15) is 0 Å². The largest absolute Gasteiger partial charge is 0.467 e. The number of thioether (sulfide) groups is 1. The molecule has 7 heteroatoms. The van der Waals surface area contributed by atoms with Crippen LogP contribution >= 0.6 is 11.8 Å². The Morgan fingerprint density at radius 1 is 1.24 bits per heavy atom. The third kappa shape index (κ3) is 3.98. The minimum absolute atomic E-state index is 0.0142. The van der Waals surface area contributed by atoms with Gasteiger partial charge in [0.05, 0.1) is 18.6 Å². The standard InChI is InChI=1S/C22H30N4O2S/c1-2-26-19(12-22-9-15-6-16(10-22)8-17(7-15)11-22)24-25-21(26)29-14-20(27)23-13-18-4-3-5-28-18/h3-5,15-17H,2,6-14H2,1H3,(H,23,27). The lowest BCUT2D eigenvalue weighted by molar-refractivity contribution is -0.118. The second kappa shape index (κ2) is 7.82. The van der Waals surface area contributed by atoms with Crippen LogP contribution in [0, 0.1) is 23.2 Å². The van der Waals surface area contributed by atoms with Crippen molar-refractivity contribution in [3.8, 4) is 0 Å². The third-order valence-electron chi connectivity index (χ3n) is 7.18. The quantitative estimate of drug-likeness (QED) is 0.660. The zero-order valence-electron chi connectivity index (χ0n) is 17.1. The normalized spacial score (nSPS) is 30.0. The van der Waals surface area contributed by atoms with Crippen LogP contribution in [0.3, 0.4) is 0 Å². The van der Waals surface area contributed by atoms with Gasteiger partial charge in [-0.05, 0) is 80.8 Å². The maximum Gasteiger partial charge on any atom is 0.230 e. The SMILES string of the molecule is CCn1c(CC23CC4CC(CC(C4)C2)C3)nnc1SCC(=O)NCc1ccco1. The lowest BCUT2D eigenvalue weighted by Gasteiger charge is -2.56. The lowest BCUT2D eigenvalue weighted by atomic mass is 9.49. The van der Waals surface area contributed by atoms with E-state index in [4.69, 9.17) is 4.42 Å². The van der Waals surface area contributed by atoms with Crippen molar-refractivity contribution in [2.45, 2.75) is 70.1 Å². The van der Waals surface area contributed by atoms with Gasteiger partial charge in [0.2, 0.25) is 5.91 Å². The molecule has 4 fully saturated rings. The van der Waals surface area contributed by atoms with E-state index < -0.39 is 0 Å². The van der Waals surface area contributed by atoms with Gasteiger partial charge in [-0.25, -0.2) is 0 Å². The Morgan fingerprint density at radius 3 is 2.59 bits per heavy atom. The number of hydrogen-bond donors (Lipinski definition) is 1. The fraction of sp³-hybridized carbons (Fsp3) is 0.682. The molecule has 4 saturated carbocycles. The maximum absolute atomic E-state index is 12.2. The highest BCUT2D eigenvalue weighted by molar-refractivity contribution is 7.99. The third-order valence-corrected chi connectivity index (χ3v) is 8.15. The first-order valence-corrected chi connectivity index (χ1v) is 11.9. The molecule has 0 atom stereocenters. The van der Waals surface area contributed by atoms with Crippen molar-refractivity contribution < 1.29 is 9.21 Å². The van der Waals surface area contributed by atoms with E-state index in [-0.39, 0.29) is 5.91 Å². The van der Waals surface area contributed by atoms with Gasteiger partial charge in [0.25, 0.3) is 0 Å². The Kier molecular flexibility index (Phi) is 5.18. The Hall–Kier alpha value is -1.76. The lowest BCUT2D eigenvalue weighted by Crippen LogP contribution is -2.47. The highest BCUT2D eigenvalue weighted by Crippen LogP contribution is 2.61. The van der Waals surface area contributed by atoms with Crippen molar-refractivity contribution in [1.82, 2.24) is 20.1 Å². The van der Waals surface area contributed by atoms with Gasteiger partial charge in [0.15, 0.2) is 5.16 Å². The monoisotopic (exact) mass is 414 g/mol. The van der Waals surface area contributed by atoms with Crippen molar-refractivity contribution in [3.63, 3.8) is 0 Å². The van der Waals surface area contributed by atoms with E-state index in [1.807, 2.05) is 12.1 Å². The van der Waals surface area contributed by atoms with E-state index in [0.29, 0.717) is 17.7 Å². The van der Waals surface area contributed by atoms with Crippen molar-refractivity contribution >= 4 is 17.7 Å². The van der Waals surface area contributed by atoms with Crippen molar-refractivity contribution in [1.29, 1.82) is 0 Å². The van der Waals surface area contributed by atoms with Crippen LogP contribution in [0.25, 0.3) is 0 Å². The van der Waals surface area contributed by atoms with Crippen LogP contribution in [0.15, 0.2) is 28.0 Å². The van der Waals surface area contributed by atoms with Crippen LogP contribution in [0.2, 0.25) is 0 Å². The maximum atomic E-state index is 12.2. The summed E-state index contributed by atoms with van der Waals surface area (Å²) in [4.78, 5) is 12.2. The molecular formula is C22H30N4O2S. The summed E-state index contributed by atoms with van der Waals surface area (Å²) in [6.45, 7) is 3.42. The molecule has 6 rings (SSSR count). The summed E-state index contributed by atoms with van der Waals surface area (Å²) in [5.74, 6) is 5.06. The van der Waals surface area contributed by atoms with Gasteiger partial charge in [-0.3, -0.25) is 4.79 Å². The number of rotatable bonds is 8. The molecule has 0 radical (unpaired) electrons. The number of hydrogen-bond acceptors (Lipinski definition) is 5. The van der Waals surface area contributed by atoms with Crippen LogP contribution in [0.1, 0.15) is 57.0 Å². The second-order valence-corrected chi connectivity index (χ2v) is 10.3. The number of carbonyl (C=O) groups excluding carboxylic acids is 1. The Bertz CT molecular complexity index is 825. The van der Waals surface area contributed by atoms with Crippen molar-refractivity contribution in [3.05, 3.63) is 30.0 Å². The first-order valence-electron chi connectivity index (χ1n) is 11.0. The molecule has 1 N–H and O–H groups in total. The molecule has 4 aliphatic carbocycles. The predicted octanol–water partition coefficient (Wildman–Crippen LogP) is 4.06. The van der Waals surface area contributed by atoms with Crippen LogP contribution < -0.4 is 5.32 Å². The predicted molar refractivity (Wildman–Crippen MR) is 111 cm³/mol. The van der Waals surface area contributed by atoms with Gasteiger partial charge in [-0.15, -0.1) is 10.2 Å². The van der Waals surface area contributed by atoms with Crippen molar-refractivity contribution in [2.24, 2.45) is 23.2 Å². The fourth-order valence-electron chi connectivity index (χ4n) is 6.50. The van der Waals surface area contributed by atoms with Crippen LogP contribution in [0.4, 0.5) is 0 Å². The molecule has 0 unspecified atom stereocenters. The highest BCUT2D eigenvalue weighted by atomic mass is 32.2. The number of nitrogens with zero attached hydrogens (tertiary/aromatic N) is 3. The zero-order chi connectivity index (χ0) is 19.8. The topological polar surface area (TPSA) is 73.0 Å². The minimum Gasteiger partial charge on any atom is -0.467 e. The van der Waals surface area contributed by atoms with Crippen LogP contribution in [0.5, 0.6) is 0 Å². The molecule has 0 saturated heterocycles. The summed E-state index contributed by atoms with van der Waals surface area (Å²) in [7, 11) is 0. The van der Waals surface area contributed by atoms with Crippen molar-refractivity contribution in [2.75, 3.05) is 5.75 Å². The molecule has 0 spiro atoms. The second-order valence-electron chi connectivity index (χ2n) is 9.38. The van der Waals surface area contributed by atoms with Crippen LogP contribution in [-0.2, 0) is 24.3 Å². The Labute approximate surface area is 176 Å². The molecular weight excluding hydrogens is 384 g/mol. The molecule has 2 heterocycles. The molecule has 0 aliphatic heterocycles. The summed E-state index contributed by atoms with van der Waals surface area (Å²) in [5.41, 5.74) is 0.455. The summed E-state index contributed by atoms with van der Waals surface area (Å²) in [6, 6.07) is 3.68. The molecule has 6 nitrogen and oxygen atoms in total. The molecule has 4 aliphatic rings. The molecule has 0 aromatic carbocycles. The van der Waals surface area contributed by atoms with Gasteiger partial charge in [0.1, 0.15) is 11.6 Å². The van der Waals surface area contributed by atoms with E-state index in [1.54, 1.807) is 6.26 Å². The average molecular weight is 415 g/mol. The van der Waals surface area contributed by atoms with E-state index in [2.05, 4.69) is 27.0 Å². The fourth-order valence-corrected chi connectivity index (χ4v) is 7.35. The van der Waals surface area contributed by atoms with Gasteiger partial charge in [-0.1, -0.05) is 11.8 Å². The summed E-state index contributed by atoms with van der Waals surface area (Å²) in [5, 5.41) is 12.8. The average Bonchev–Trinajstić information content (AvgIpc) is 3.33. The van der Waals surface area contributed by atoms with Crippen LogP contribution in [-0.4, -0.2) is 26.4 Å². The van der Waals surface area contributed by atoms with E-state index >= 15 is 0 Å². The van der Waals surface area contributed by atoms with Gasteiger partial charge >= 0.3 is 0 Å². The first kappa shape index (κ1) is 19.2. The molecule has 2 aromatic rings. The molecule has 29 heavy (non-hydrogen) atoms. The van der Waals surface area contributed by atoms with E-state index in [9.17, 15) is 4.79 Å². The number of furan rings is 1. The first-order chi connectivity index (χ1) is 14.1. The zero-order valence-corrected chi connectivity index (χ0v) is 17.9. The number of carbonyl (C=O) groups is 1. The molecule has 156 valence electrons. The Morgan fingerprint density at radius 2 is 1.97 bits per heavy atom. The Balaban J connectivity index is 1.21. The smallest absolute Gasteiger partial charge is 0.230 e. The highest BCUT2D eigenvalue weighted by Gasteiger charge is 2.51. The van der Waals surface area contributed by atoms with E-state index in [0.717, 1.165) is 47.5 Å². The van der Waals surface area contributed by atoms with E-state index in [1.165, 1.54) is 50.3 Å². The number of aromatic nitrogens is 3. The number of amides is 1.